The molecule has 2 nitrogen and oxygen atoms in total. The van der Waals surface area contributed by atoms with Gasteiger partial charge in [0.25, 0.3) is 5.19 Å². The lowest BCUT2D eigenvalue weighted by Crippen LogP contribution is -2.16. The van der Waals surface area contributed by atoms with Gasteiger partial charge in [0.05, 0.1) is 12.1 Å². The van der Waals surface area contributed by atoms with Crippen molar-refractivity contribution in [2.75, 3.05) is 0 Å². The SMILES string of the molecule is C#CCc1csc(OC(F)(F)F)n1. The largest absolute Gasteiger partial charge is 0.574 e. The number of aromatic nitrogens is 1. The summed E-state index contributed by atoms with van der Waals surface area (Å²) in [5, 5.41) is 0.999. The number of alkyl halides is 3. The fraction of sp³-hybridized carbons (Fsp3) is 0.286. The Morgan fingerprint density at radius 1 is 1.62 bits per heavy atom. The Hall–Kier alpha value is -1.22. The third kappa shape index (κ3) is 3.34. The molecule has 0 aliphatic rings. The van der Waals surface area contributed by atoms with Crippen molar-refractivity contribution in [1.82, 2.24) is 4.98 Å². The molecule has 6 heteroatoms. The predicted octanol–water partition coefficient (Wildman–Crippen LogP) is 2.22. The van der Waals surface area contributed by atoms with E-state index in [0.29, 0.717) is 5.69 Å². The van der Waals surface area contributed by atoms with Gasteiger partial charge < -0.3 is 4.74 Å². The molecule has 70 valence electrons. The standard InChI is InChI=1S/C7H4F3NOS/c1-2-3-5-4-13-6(11-5)12-7(8,9)10/h1,4H,3H2. The maximum atomic E-state index is 11.6. The van der Waals surface area contributed by atoms with Gasteiger partial charge in [-0.25, -0.2) is 4.98 Å². The van der Waals surface area contributed by atoms with Gasteiger partial charge in [-0.2, -0.15) is 0 Å². The normalized spacial score (nSPS) is 10.9. The zero-order valence-electron chi connectivity index (χ0n) is 6.26. The molecular weight excluding hydrogens is 203 g/mol. The molecule has 1 aromatic heterocycles. The fourth-order valence-electron chi connectivity index (χ4n) is 0.620. The molecule has 0 amide bonds. The summed E-state index contributed by atoms with van der Waals surface area (Å²) in [5.41, 5.74) is 0.409. The molecule has 0 aromatic carbocycles. The van der Waals surface area contributed by atoms with Crippen molar-refractivity contribution in [2.45, 2.75) is 12.8 Å². The minimum atomic E-state index is -4.69. The van der Waals surface area contributed by atoms with Crippen molar-refractivity contribution < 1.29 is 17.9 Å². The van der Waals surface area contributed by atoms with E-state index in [1.807, 2.05) is 0 Å². The van der Waals surface area contributed by atoms with E-state index in [4.69, 9.17) is 6.42 Å². The molecule has 0 saturated heterocycles. The molecule has 0 atom stereocenters. The predicted molar refractivity (Wildman–Crippen MR) is 41.3 cm³/mol. The number of halogens is 3. The first kappa shape index (κ1) is 9.86. The highest BCUT2D eigenvalue weighted by molar-refractivity contribution is 7.11. The average Bonchev–Trinajstić information content (AvgIpc) is 2.33. The van der Waals surface area contributed by atoms with Crippen molar-refractivity contribution in [3.8, 4) is 17.5 Å². The number of hydrogen-bond donors (Lipinski definition) is 0. The second-order valence-corrected chi connectivity index (χ2v) is 2.85. The van der Waals surface area contributed by atoms with E-state index in [2.05, 4.69) is 15.6 Å². The highest BCUT2D eigenvalue weighted by Gasteiger charge is 2.32. The molecule has 0 saturated carbocycles. The molecule has 1 aromatic rings. The lowest BCUT2D eigenvalue weighted by Gasteiger charge is -2.03. The van der Waals surface area contributed by atoms with Gasteiger partial charge in [0.15, 0.2) is 0 Å². The minimum Gasteiger partial charge on any atom is -0.378 e. The van der Waals surface area contributed by atoms with Crippen molar-refractivity contribution in [2.24, 2.45) is 0 Å². The number of nitrogens with zero attached hydrogens (tertiary/aromatic N) is 1. The molecule has 0 aliphatic carbocycles. The van der Waals surface area contributed by atoms with E-state index in [9.17, 15) is 13.2 Å². The van der Waals surface area contributed by atoms with Gasteiger partial charge in [-0.1, -0.05) is 11.3 Å². The molecule has 1 rings (SSSR count). The van der Waals surface area contributed by atoms with Gasteiger partial charge >= 0.3 is 6.36 Å². The maximum Gasteiger partial charge on any atom is 0.574 e. The van der Waals surface area contributed by atoms with Crippen LogP contribution < -0.4 is 4.74 Å². The van der Waals surface area contributed by atoms with E-state index in [1.165, 1.54) is 5.38 Å². The molecule has 0 N–H and O–H groups in total. The molecule has 0 fully saturated rings. The Kier molecular flexibility index (Phi) is 2.78. The number of rotatable bonds is 2. The van der Waals surface area contributed by atoms with Crippen LogP contribution in [0.15, 0.2) is 5.38 Å². The van der Waals surface area contributed by atoms with Gasteiger partial charge in [0.1, 0.15) is 0 Å². The van der Waals surface area contributed by atoms with Crippen LogP contribution >= 0.6 is 11.3 Å². The zero-order chi connectivity index (χ0) is 9.90. The quantitative estimate of drug-likeness (QED) is 0.693. The molecule has 0 unspecified atom stereocenters. The van der Waals surface area contributed by atoms with Crippen molar-refractivity contribution in [3.63, 3.8) is 0 Å². The van der Waals surface area contributed by atoms with E-state index in [0.717, 1.165) is 11.3 Å². The molecule has 0 aliphatic heterocycles. The third-order valence-electron chi connectivity index (χ3n) is 1.02. The second-order valence-electron chi connectivity index (χ2n) is 2.03. The van der Waals surface area contributed by atoms with Crippen molar-refractivity contribution in [1.29, 1.82) is 0 Å². The summed E-state index contributed by atoms with van der Waals surface area (Å²) in [5.74, 6) is 2.27. The van der Waals surface area contributed by atoms with Gasteiger partial charge in [-0.15, -0.1) is 25.5 Å². The van der Waals surface area contributed by atoms with Gasteiger partial charge in [0, 0.05) is 5.38 Å². The Bertz CT molecular complexity index is 325. The molecule has 1 heterocycles. The molecule has 0 bridgehead atoms. The van der Waals surface area contributed by atoms with Crippen LogP contribution in [0.5, 0.6) is 5.19 Å². The Balaban J connectivity index is 2.65. The third-order valence-corrected chi connectivity index (χ3v) is 1.78. The average molecular weight is 207 g/mol. The number of ether oxygens (including phenoxy) is 1. The van der Waals surface area contributed by atoms with E-state index >= 15 is 0 Å². The summed E-state index contributed by atoms with van der Waals surface area (Å²) in [6, 6.07) is 0. The molecular formula is C7H4F3NOS. The summed E-state index contributed by atoms with van der Waals surface area (Å²) in [6.07, 6.45) is 0.465. The van der Waals surface area contributed by atoms with E-state index < -0.39 is 11.6 Å². The van der Waals surface area contributed by atoms with E-state index in [1.54, 1.807) is 0 Å². The Morgan fingerprint density at radius 2 is 2.31 bits per heavy atom. The number of thiazole rings is 1. The number of terminal acetylenes is 1. The summed E-state index contributed by atoms with van der Waals surface area (Å²) in [7, 11) is 0. The second kappa shape index (κ2) is 3.66. The van der Waals surface area contributed by atoms with Crippen LogP contribution in [0.3, 0.4) is 0 Å². The number of hydrogen-bond acceptors (Lipinski definition) is 3. The Labute approximate surface area is 76.4 Å². The van der Waals surface area contributed by atoms with Crippen LogP contribution in [0.1, 0.15) is 5.69 Å². The van der Waals surface area contributed by atoms with Crippen molar-refractivity contribution >= 4 is 11.3 Å². The lowest BCUT2D eigenvalue weighted by atomic mass is 10.4. The first-order chi connectivity index (χ1) is 6.01. The van der Waals surface area contributed by atoms with Crippen LogP contribution in [0.25, 0.3) is 0 Å². The van der Waals surface area contributed by atoms with Crippen molar-refractivity contribution in [3.05, 3.63) is 11.1 Å². The van der Waals surface area contributed by atoms with Crippen LogP contribution in [-0.4, -0.2) is 11.3 Å². The summed E-state index contributed by atoms with van der Waals surface area (Å²) < 4.78 is 38.5. The fourth-order valence-corrected chi connectivity index (χ4v) is 1.31. The van der Waals surface area contributed by atoms with Gasteiger partial charge in [-0.05, 0) is 0 Å². The summed E-state index contributed by atoms with van der Waals surface area (Å²) in [4.78, 5) is 3.52. The molecule has 0 spiro atoms. The highest BCUT2D eigenvalue weighted by Crippen LogP contribution is 2.25. The zero-order valence-corrected chi connectivity index (χ0v) is 7.08. The minimum absolute atomic E-state index is 0.206. The van der Waals surface area contributed by atoms with Gasteiger partial charge in [0.2, 0.25) is 0 Å². The van der Waals surface area contributed by atoms with E-state index in [-0.39, 0.29) is 6.42 Å². The van der Waals surface area contributed by atoms with Crippen LogP contribution in [-0.2, 0) is 6.42 Å². The first-order valence-electron chi connectivity index (χ1n) is 3.15. The smallest absolute Gasteiger partial charge is 0.378 e. The molecule has 0 radical (unpaired) electrons. The Morgan fingerprint density at radius 3 is 2.85 bits per heavy atom. The molecule has 13 heavy (non-hydrogen) atoms. The highest BCUT2D eigenvalue weighted by atomic mass is 32.1. The van der Waals surface area contributed by atoms with Crippen LogP contribution in [0.4, 0.5) is 13.2 Å². The van der Waals surface area contributed by atoms with Crippen LogP contribution in [0.2, 0.25) is 0 Å². The summed E-state index contributed by atoms with van der Waals surface area (Å²) in [6.45, 7) is 0. The first-order valence-corrected chi connectivity index (χ1v) is 4.03. The van der Waals surface area contributed by atoms with Gasteiger partial charge in [-0.3, -0.25) is 0 Å². The lowest BCUT2D eigenvalue weighted by molar-refractivity contribution is -0.274. The summed E-state index contributed by atoms with van der Waals surface area (Å²) >= 11 is 0.767. The monoisotopic (exact) mass is 207 g/mol. The maximum absolute atomic E-state index is 11.6. The topological polar surface area (TPSA) is 22.1 Å². The van der Waals surface area contributed by atoms with Crippen LogP contribution in [0, 0.1) is 12.3 Å².